The minimum atomic E-state index is 0.394. The van der Waals surface area contributed by atoms with E-state index in [1.54, 1.807) is 22.3 Å². The first-order valence-electron chi connectivity index (χ1n) is 15.1. The number of hydrogen-bond donors (Lipinski definition) is 0. The van der Waals surface area contributed by atoms with E-state index in [-0.39, 0.29) is 0 Å². The van der Waals surface area contributed by atoms with Crippen LogP contribution < -0.4 is 0 Å². The average molecular weight is 519 g/mol. The lowest BCUT2D eigenvalue weighted by Crippen LogP contribution is -2.09. The molecule has 0 heterocycles. The van der Waals surface area contributed by atoms with Gasteiger partial charge in [0.05, 0.1) is 0 Å². The van der Waals surface area contributed by atoms with E-state index in [1.807, 2.05) is 0 Å². The van der Waals surface area contributed by atoms with Gasteiger partial charge in [-0.2, -0.15) is 0 Å². The van der Waals surface area contributed by atoms with E-state index in [2.05, 4.69) is 113 Å². The van der Waals surface area contributed by atoms with E-state index in [1.165, 1.54) is 81.3 Å². The molecule has 0 unspecified atom stereocenters. The molecular weight excluding hydrogens is 480 g/mol. The Kier molecular flexibility index (Phi) is 5.10. The molecule has 0 saturated heterocycles. The average Bonchev–Trinajstić information content (AvgIpc) is 3.65. The molecule has 0 radical (unpaired) electrons. The Bertz CT molecular complexity index is 1650. The van der Waals surface area contributed by atoms with Gasteiger partial charge in [0.1, 0.15) is 0 Å². The molecule has 0 aliphatic heterocycles. The van der Waals surface area contributed by atoms with Gasteiger partial charge in [-0.25, -0.2) is 0 Å². The summed E-state index contributed by atoms with van der Waals surface area (Å²) in [6, 6.07) is 28.2. The van der Waals surface area contributed by atoms with Crippen LogP contribution >= 0.6 is 0 Å². The monoisotopic (exact) mass is 518 g/mol. The molecule has 0 atom stereocenters. The molecule has 4 aromatic carbocycles. The molecule has 0 amide bonds. The Morgan fingerprint density at radius 2 is 0.775 bits per heavy atom. The standard InChI is InChI=1S/C40H38/c1-39(2)21-31-17-25-13-29(14-26(25)18-32(31)22-39)35-9-5-7-11-37(35)38-12-8-6-10-36(38)30-15-27-19-33-23-40(3,4)24-34(33)20-28(27)16-30/h5-13,15,17-20H,14,16,21-24H2,1-4H3. The molecule has 0 aromatic heterocycles. The third-order valence-electron chi connectivity index (χ3n) is 9.86. The lowest BCUT2D eigenvalue weighted by molar-refractivity contribution is 0.392. The summed E-state index contributed by atoms with van der Waals surface area (Å²) < 4.78 is 0. The molecule has 0 heteroatoms. The number of fused-ring (bicyclic) bond motifs is 4. The van der Waals surface area contributed by atoms with Crippen molar-refractivity contribution in [3.05, 3.63) is 128 Å². The highest BCUT2D eigenvalue weighted by atomic mass is 14.4. The highest BCUT2D eigenvalue weighted by molar-refractivity contribution is 5.99. The van der Waals surface area contributed by atoms with E-state index in [0.29, 0.717) is 10.8 Å². The molecule has 4 aromatic rings. The van der Waals surface area contributed by atoms with Gasteiger partial charge in [0.25, 0.3) is 0 Å². The molecule has 40 heavy (non-hydrogen) atoms. The fourth-order valence-corrected chi connectivity index (χ4v) is 8.17. The molecule has 0 nitrogen and oxygen atoms in total. The summed E-state index contributed by atoms with van der Waals surface area (Å²) in [4.78, 5) is 0. The van der Waals surface area contributed by atoms with Gasteiger partial charge in [-0.15, -0.1) is 0 Å². The zero-order valence-electron chi connectivity index (χ0n) is 24.3. The van der Waals surface area contributed by atoms with Gasteiger partial charge in [0.2, 0.25) is 0 Å². The Morgan fingerprint density at radius 3 is 1.18 bits per heavy atom. The van der Waals surface area contributed by atoms with E-state index in [0.717, 1.165) is 12.8 Å². The smallest absolute Gasteiger partial charge is 0.00133 e. The van der Waals surface area contributed by atoms with Crippen molar-refractivity contribution >= 4 is 23.3 Å². The van der Waals surface area contributed by atoms with Crippen LogP contribution in [0.3, 0.4) is 0 Å². The van der Waals surface area contributed by atoms with Gasteiger partial charge in [0, 0.05) is 0 Å². The number of allylic oxidation sites excluding steroid dienone is 2. The second-order valence-corrected chi connectivity index (χ2v) is 14.5. The Hall–Kier alpha value is -3.64. The topological polar surface area (TPSA) is 0 Å². The van der Waals surface area contributed by atoms with Gasteiger partial charge >= 0.3 is 0 Å². The van der Waals surface area contributed by atoms with Crippen LogP contribution in [0, 0.1) is 10.8 Å². The van der Waals surface area contributed by atoms with Crippen molar-refractivity contribution < 1.29 is 0 Å². The van der Waals surface area contributed by atoms with Gasteiger partial charge < -0.3 is 0 Å². The van der Waals surface area contributed by atoms with E-state index >= 15 is 0 Å². The van der Waals surface area contributed by atoms with Gasteiger partial charge in [-0.05, 0) is 127 Å². The third kappa shape index (κ3) is 3.95. The van der Waals surface area contributed by atoms with Crippen LogP contribution in [-0.2, 0) is 38.5 Å². The van der Waals surface area contributed by atoms with Crippen molar-refractivity contribution in [2.75, 3.05) is 0 Å². The molecule has 0 saturated carbocycles. The van der Waals surface area contributed by atoms with Crippen LogP contribution in [0.4, 0.5) is 0 Å². The van der Waals surface area contributed by atoms with Crippen LogP contribution in [0.25, 0.3) is 34.4 Å². The summed E-state index contributed by atoms with van der Waals surface area (Å²) in [7, 11) is 0. The normalized spacial score (nSPS) is 19.1. The second kappa shape index (κ2) is 8.43. The van der Waals surface area contributed by atoms with Crippen molar-refractivity contribution in [1.29, 1.82) is 0 Å². The van der Waals surface area contributed by atoms with Crippen LogP contribution in [0.1, 0.15) is 83.3 Å². The lowest BCUT2D eigenvalue weighted by atomic mass is 9.88. The number of benzene rings is 4. The fraction of sp³-hybridized carbons (Fsp3) is 0.300. The first-order valence-corrected chi connectivity index (χ1v) is 15.1. The highest BCUT2D eigenvalue weighted by Gasteiger charge is 2.32. The fourth-order valence-electron chi connectivity index (χ4n) is 8.17. The zero-order valence-corrected chi connectivity index (χ0v) is 24.3. The Morgan fingerprint density at radius 1 is 0.425 bits per heavy atom. The molecular formula is C40H38. The van der Waals surface area contributed by atoms with Gasteiger partial charge in [-0.3, -0.25) is 0 Å². The SMILES string of the molecule is CC1(C)Cc2cc3c(cc2C1)CC(c1ccccc1-c1ccccc1C1=Cc2cc4c(cc2C1)CC(C)(C)C4)=C3. The maximum absolute atomic E-state index is 2.51. The van der Waals surface area contributed by atoms with Crippen molar-refractivity contribution in [1.82, 2.24) is 0 Å². The minimum absolute atomic E-state index is 0.394. The number of rotatable bonds is 3. The summed E-state index contributed by atoms with van der Waals surface area (Å²) in [6.45, 7) is 9.61. The second-order valence-electron chi connectivity index (χ2n) is 14.5. The maximum atomic E-state index is 2.51. The predicted molar refractivity (Wildman–Crippen MR) is 170 cm³/mol. The first kappa shape index (κ1) is 24.2. The molecule has 0 bridgehead atoms. The molecule has 0 spiro atoms. The lowest BCUT2D eigenvalue weighted by Gasteiger charge is -2.16. The van der Waals surface area contributed by atoms with Crippen molar-refractivity contribution in [2.45, 2.75) is 66.2 Å². The largest absolute Gasteiger partial charge is 0.0616 e. The Labute approximate surface area is 239 Å². The maximum Gasteiger partial charge on any atom is -0.00133 e. The summed E-state index contributed by atoms with van der Waals surface area (Å²) in [5.74, 6) is 0. The van der Waals surface area contributed by atoms with Crippen molar-refractivity contribution in [2.24, 2.45) is 10.8 Å². The number of hydrogen-bond acceptors (Lipinski definition) is 0. The van der Waals surface area contributed by atoms with E-state index in [4.69, 9.17) is 0 Å². The predicted octanol–water partition coefficient (Wildman–Crippen LogP) is 9.80. The molecule has 4 aliphatic rings. The van der Waals surface area contributed by atoms with Gasteiger partial charge in [-0.1, -0.05) is 113 Å². The zero-order chi connectivity index (χ0) is 27.2. The summed E-state index contributed by atoms with van der Waals surface area (Å²) in [6.07, 6.45) is 11.8. The summed E-state index contributed by atoms with van der Waals surface area (Å²) in [5.41, 5.74) is 21.3. The van der Waals surface area contributed by atoms with Crippen LogP contribution in [0.15, 0.2) is 72.8 Å². The molecule has 198 valence electrons. The minimum Gasteiger partial charge on any atom is -0.0616 e. The summed E-state index contributed by atoms with van der Waals surface area (Å²) >= 11 is 0. The quantitative estimate of drug-likeness (QED) is 0.253. The highest BCUT2D eigenvalue weighted by Crippen LogP contribution is 2.45. The molecule has 0 fully saturated rings. The summed E-state index contributed by atoms with van der Waals surface area (Å²) in [5, 5.41) is 0. The van der Waals surface area contributed by atoms with Gasteiger partial charge in [0.15, 0.2) is 0 Å². The van der Waals surface area contributed by atoms with Crippen molar-refractivity contribution in [3.63, 3.8) is 0 Å². The molecule has 8 rings (SSSR count). The van der Waals surface area contributed by atoms with Crippen molar-refractivity contribution in [3.8, 4) is 11.1 Å². The van der Waals surface area contributed by atoms with Crippen LogP contribution in [-0.4, -0.2) is 0 Å². The third-order valence-corrected chi connectivity index (χ3v) is 9.86. The van der Waals surface area contributed by atoms with E-state index in [9.17, 15) is 0 Å². The molecule has 4 aliphatic carbocycles. The van der Waals surface area contributed by atoms with E-state index < -0.39 is 0 Å². The molecule has 0 N–H and O–H groups in total. The Balaban J connectivity index is 1.16. The van der Waals surface area contributed by atoms with Crippen LogP contribution in [0.2, 0.25) is 0 Å². The van der Waals surface area contributed by atoms with Crippen LogP contribution in [0.5, 0.6) is 0 Å². The first-order chi connectivity index (χ1) is 19.2.